The summed E-state index contributed by atoms with van der Waals surface area (Å²) in [5.41, 5.74) is 1.18. The summed E-state index contributed by atoms with van der Waals surface area (Å²) in [6.45, 7) is 4.56. The Kier molecular flexibility index (Phi) is 4.29. The maximum Gasteiger partial charge on any atom is 0.321 e. The largest absolute Gasteiger partial charge is 0.480 e. The summed E-state index contributed by atoms with van der Waals surface area (Å²) < 4.78 is 0. The highest BCUT2D eigenvalue weighted by Crippen LogP contribution is 2.14. The molecule has 0 aliphatic heterocycles. The number of aliphatic carboxylic acids is 1. The van der Waals surface area contributed by atoms with Gasteiger partial charge in [-0.25, -0.2) is 0 Å². The summed E-state index contributed by atoms with van der Waals surface area (Å²) in [4.78, 5) is 13.0. The molecule has 4 heteroatoms. The Labute approximate surface area is 94.3 Å². The molecule has 1 heterocycles. The molecule has 1 atom stereocenters. The van der Waals surface area contributed by atoms with Gasteiger partial charge < -0.3 is 5.11 Å². The van der Waals surface area contributed by atoms with E-state index in [1.165, 1.54) is 5.56 Å². The van der Waals surface area contributed by atoms with Crippen molar-refractivity contribution in [1.29, 1.82) is 0 Å². The first-order chi connectivity index (χ1) is 7.02. The third-order valence-corrected chi connectivity index (χ3v) is 3.10. The number of rotatable bonds is 5. The van der Waals surface area contributed by atoms with Gasteiger partial charge in [0.1, 0.15) is 6.04 Å². The van der Waals surface area contributed by atoms with Crippen LogP contribution in [0.4, 0.5) is 0 Å². The third kappa shape index (κ3) is 3.32. The summed E-state index contributed by atoms with van der Waals surface area (Å²) in [6.07, 6.45) is 0. The van der Waals surface area contributed by atoms with E-state index in [-0.39, 0.29) is 5.92 Å². The summed E-state index contributed by atoms with van der Waals surface area (Å²) in [7, 11) is 1.86. The first-order valence-electron chi connectivity index (χ1n) is 4.96. The van der Waals surface area contributed by atoms with Crippen LogP contribution in [0.25, 0.3) is 0 Å². The van der Waals surface area contributed by atoms with Gasteiger partial charge in [0, 0.05) is 6.54 Å². The van der Waals surface area contributed by atoms with Crippen LogP contribution in [-0.2, 0) is 11.3 Å². The van der Waals surface area contributed by atoms with Crippen molar-refractivity contribution >= 4 is 17.3 Å². The van der Waals surface area contributed by atoms with Crippen LogP contribution in [0, 0.1) is 5.92 Å². The minimum Gasteiger partial charge on any atom is -0.480 e. The predicted octanol–water partition coefficient (Wildman–Crippen LogP) is 2.29. The van der Waals surface area contributed by atoms with Crippen LogP contribution in [-0.4, -0.2) is 29.1 Å². The number of nitrogens with zero attached hydrogens (tertiary/aromatic N) is 1. The Morgan fingerprint density at radius 3 is 2.67 bits per heavy atom. The molecule has 0 amide bonds. The molecule has 0 bridgehead atoms. The lowest BCUT2D eigenvalue weighted by atomic mass is 10.0. The number of thiophene rings is 1. The van der Waals surface area contributed by atoms with Crippen molar-refractivity contribution in [3.8, 4) is 0 Å². The molecular weight excluding hydrogens is 210 g/mol. The summed E-state index contributed by atoms with van der Waals surface area (Å²) in [6, 6.07) is 1.62. The van der Waals surface area contributed by atoms with Crippen LogP contribution in [0.2, 0.25) is 0 Å². The molecule has 0 aromatic carbocycles. The van der Waals surface area contributed by atoms with Crippen molar-refractivity contribution in [3.05, 3.63) is 22.4 Å². The molecule has 0 aliphatic carbocycles. The molecular formula is C11H17NO2S. The van der Waals surface area contributed by atoms with Crippen LogP contribution < -0.4 is 0 Å². The van der Waals surface area contributed by atoms with Gasteiger partial charge in [0.2, 0.25) is 0 Å². The number of carboxylic acid groups (broad SMARTS) is 1. The smallest absolute Gasteiger partial charge is 0.321 e. The number of likely N-dealkylation sites (N-methyl/N-ethyl adjacent to an activating group) is 1. The summed E-state index contributed by atoms with van der Waals surface area (Å²) >= 11 is 1.64. The van der Waals surface area contributed by atoms with E-state index < -0.39 is 12.0 Å². The first kappa shape index (κ1) is 12.2. The zero-order valence-corrected chi connectivity index (χ0v) is 10.1. The van der Waals surface area contributed by atoms with Gasteiger partial charge >= 0.3 is 5.97 Å². The molecule has 0 saturated carbocycles. The molecule has 0 spiro atoms. The average Bonchev–Trinajstić information content (AvgIpc) is 2.54. The van der Waals surface area contributed by atoms with E-state index in [9.17, 15) is 4.79 Å². The SMILES string of the molecule is CC(C)C(C(=O)O)N(C)Cc1ccsc1. The molecule has 84 valence electrons. The van der Waals surface area contributed by atoms with Crippen molar-refractivity contribution in [2.45, 2.75) is 26.4 Å². The summed E-state index contributed by atoms with van der Waals surface area (Å²) in [5, 5.41) is 13.2. The van der Waals surface area contributed by atoms with Crippen LogP contribution >= 0.6 is 11.3 Å². The number of hydrogen-bond donors (Lipinski definition) is 1. The summed E-state index contributed by atoms with van der Waals surface area (Å²) in [5.74, 6) is -0.631. The molecule has 3 nitrogen and oxygen atoms in total. The highest BCUT2D eigenvalue weighted by molar-refractivity contribution is 7.07. The number of carboxylic acids is 1. The molecule has 1 N–H and O–H groups in total. The van der Waals surface area contributed by atoms with E-state index in [0.29, 0.717) is 6.54 Å². The molecule has 0 aliphatic rings. The molecule has 1 rings (SSSR count). The van der Waals surface area contributed by atoms with E-state index >= 15 is 0 Å². The fourth-order valence-electron chi connectivity index (χ4n) is 1.75. The van der Waals surface area contributed by atoms with E-state index in [1.807, 2.05) is 37.2 Å². The molecule has 1 aromatic heterocycles. The standard InChI is InChI=1S/C11H17NO2S/c1-8(2)10(11(13)14)12(3)6-9-4-5-15-7-9/h4-5,7-8,10H,6H2,1-3H3,(H,13,14). The molecule has 0 saturated heterocycles. The minimum absolute atomic E-state index is 0.117. The van der Waals surface area contributed by atoms with Gasteiger partial charge in [0.05, 0.1) is 0 Å². The number of hydrogen-bond acceptors (Lipinski definition) is 3. The Morgan fingerprint density at radius 1 is 1.60 bits per heavy atom. The number of carbonyl (C=O) groups is 1. The fourth-order valence-corrected chi connectivity index (χ4v) is 2.41. The average molecular weight is 227 g/mol. The topological polar surface area (TPSA) is 40.5 Å². The second-order valence-corrected chi connectivity index (χ2v) is 4.85. The van der Waals surface area contributed by atoms with Gasteiger partial charge in [0.25, 0.3) is 0 Å². The third-order valence-electron chi connectivity index (χ3n) is 2.37. The van der Waals surface area contributed by atoms with Gasteiger partial charge in [-0.1, -0.05) is 13.8 Å². The maximum atomic E-state index is 11.1. The van der Waals surface area contributed by atoms with Gasteiger partial charge in [-0.15, -0.1) is 0 Å². The molecule has 0 radical (unpaired) electrons. The zero-order valence-electron chi connectivity index (χ0n) is 9.30. The second kappa shape index (κ2) is 5.28. The van der Waals surface area contributed by atoms with Crippen molar-refractivity contribution in [2.24, 2.45) is 5.92 Å². The predicted molar refractivity (Wildman–Crippen MR) is 62.0 cm³/mol. The van der Waals surface area contributed by atoms with Crippen molar-refractivity contribution in [1.82, 2.24) is 4.90 Å². The second-order valence-electron chi connectivity index (χ2n) is 4.07. The fraction of sp³-hybridized carbons (Fsp3) is 0.545. The van der Waals surface area contributed by atoms with Crippen LogP contribution in [0.3, 0.4) is 0 Å². The van der Waals surface area contributed by atoms with Crippen LogP contribution in [0.5, 0.6) is 0 Å². The lowest BCUT2D eigenvalue weighted by Gasteiger charge is -2.27. The Morgan fingerprint density at radius 2 is 2.27 bits per heavy atom. The van der Waals surface area contributed by atoms with E-state index in [1.54, 1.807) is 11.3 Å². The Bertz CT molecular complexity index is 308. The van der Waals surface area contributed by atoms with Crippen LogP contribution in [0.15, 0.2) is 16.8 Å². The van der Waals surface area contributed by atoms with Gasteiger partial charge in [-0.05, 0) is 35.4 Å². The van der Waals surface area contributed by atoms with Crippen LogP contribution in [0.1, 0.15) is 19.4 Å². The normalized spacial score (nSPS) is 13.4. The Hall–Kier alpha value is -0.870. The van der Waals surface area contributed by atoms with Crippen molar-refractivity contribution in [3.63, 3.8) is 0 Å². The minimum atomic E-state index is -0.747. The quantitative estimate of drug-likeness (QED) is 0.839. The van der Waals surface area contributed by atoms with Gasteiger partial charge in [-0.3, -0.25) is 9.69 Å². The van der Waals surface area contributed by atoms with Gasteiger partial charge in [0.15, 0.2) is 0 Å². The zero-order chi connectivity index (χ0) is 11.4. The Balaban J connectivity index is 2.65. The highest BCUT2D eigenvalue weighted by Gasteiger charge is 2.25. The lowest BCUT2D eigenvalue weighted by molar-refractivity contribution is -0.144. The molecule has 1 unspecified atom stereocenters. The molecule has 15 heavy (non-hydrogen) atoms. The van der Waals surface area contributed by atoms with Gasteiger partial charge in [-0.2, -0.15) is 11.3 Å². The van der Waals surface area contributed by atoms with E-state index in [2.05, 4.69) is 5.38 Å². The molecule has 1 aromatic rings. The van der Waals surface area contributed by atoms with E-state index in [0.717, 1.165) is 0 Å². The lowest BCUT2D eigenvalue weighted by Crippen LogP contribution is -2.41. The van der Waals surface area contributed by atoms with Crippen molar-refractivity contribution < 1.29 is 9.90 Å². The maximum absolute atomic E-state index is 11.1. The highest BCUT2D eigenvalue weighted by atomic mass is 32.1. The molecule has 0 fully saturated rings. The van der Waals surface area contributed by atoms with Crippen molar-refractivity contribution in [2.75, 3.05) is 7.05 Å². The monoisotopic (exact) mass is 227 g/mol. The first-order valence-corrected chi connectivity index (χ1v) is 5.90. The van der Waals surface area contributed by atoms with E-state index in [4.69, 9.17) is 5.11 Å².